The number of nitrogens with zero attached hydrogens (tertiary/aromatic N) is 2. The van der Waals surface area contributed by atoms with E-state index in [4.69, 9.17) is 10.7 Å². The molecule has 0 aliphatic carbocycles. The zero-order chi connectivity index (χ0) is 19.6. The monoisotopic (exact) mass is 383 g/mol. The summed E-state index contributed by atoms with van der Waals surface area (Å²) in [6.45, 7) is 6.00. The second-order valence-electron chi connectivity index (χ2n) is 6.66. The van der Waals surface area contributed by atoms with Gasteiger partial charge in [-0.3, -0.25) is 14.2 Å². The third-order valence-corrected chi connectivity index (χ3v) is 5.76. The molecule has 2 heterocycles. The molecule has 0 aliphatic rings. The quantitative estimate of drug-likeness (QED) is 0.668. The predicted octanol–water partition coefficient (Wildman–Crippen LogP) is 4.08. The number of primary amides is 1. The van der Waals surface area contributed by atoms with Gasteiger partial charge in [-0.2, -0.15) is 0 Å². The van der Waals surface area contributed by atoms with Crippen molar-refractivity contribution < 1.29 is 4.79 Å². The Labute approximate surface area is 162 Å². The molecular formula is C21H25N3O2S. The van der Waals surface area contributed by atoms with E-state index in [0.717, 1.165) is 24.0 Å². The van der Waals surface area contributed by atoms with Crippen LogP contribution in [-0.2, 0) is 17.6 Å². The minimum atomic E-state index is -0.675. The van der Waals surface area contributed by atoms with E-state index in [2.05, 4.69) is 19.1 Å². The molecule has 0 radical (unpaired) electrons. The largest absolute Gasteiger partial charge is 0.368 e. The average Bonchev–Trinajstić information content (AvgIpc) is 3.09. The van der Waals surface area contributed by atoms with Gasteiger partial charge in [0.25, 0.3) is 5.56 Å². The number of nitrogens with two attached hydrogens (primary N) is 1. The number of rotatable bonds is 7. The molecule has 3 rings (SSSR count). The van der Waals surface area contributed by atoms with Crippen LogP contribution in [0, 0.1) is 0 Å². The number of amides is 1. The molecule has 2 N–H and O–H groups in total. The van der Waals surface area contributed by atoms with Gasteiger partial charge in [-0.15, -0.1) is 11.3 Å². The van der Waals surface area contributed by atoms with Gasteiger partial charge in [-0.25, -0.2) is 4.98 Å². The maximum Gasteiger partial charge on any atom is 0.263 e. The molecule has 3 aromatic rings. The molecule has 1 unspecified atom stereocenters. The van der Waals surface area contributed by atoms with Crippen LogP contribution >= 0.6 is 11.3 Å². The van der Waals surface area contributed by atoms with E-state index in [1.54, 1.807) is 0 Å². The Morgan fingerprint density at radius 2 is 1.93 bits per heavy atom. The highest BCUT2D eigenvalue weighted by atomic mass is 32.1. The van der Waals surface area contributed by atoms with Gasteiger partial charge in [-0.05, 0) is 30.4 Å². The number of carbonyl (C=O) groups excluding carboxylic acids is 1. The fourth-order valence-electron chi connectivity index (χ4n) is 3.41. The van der Waals surface area contributed by atoms with Gasteiger partial charge in [0.1, 0.15) is 16.7 Å². The summed E-state index contributed by atoms with van der Waals surface area (Å²) >= 11 is 1.47. The number of aromatic nitrogens is 2. The number of hydrogen-bond acceptors (Lipinski definition) is 4. The normalized spacial score (nSPS) is 12.4. The number of thiophene rings is 1. The minimum Gasteiger partial charge on any atom is -0.368 e. The van der Waals surface area contributed by atoms with Gasteiger partial charge in [0.2, 0.25) is 5.91 Å². The molecule has 1 atom stereocenters. The van der Waals surface area contributed by atoms with Crippen LogP contribution < -0.4 is 11.3 Å². The second-order valence-corrected chi connectivity index (χ2v) is 7.52. The Kier molecular flexibility index (Phi) is 5.75. The zero-order valence-electron chi connectivity index (χ0n) is 16.0. The van der Waals surface area contributed by atoms with Crippen molar-refractivity contribution in [3.8, 4) is 11.1 Å². The lowest BCUT2D eigenvalue weighted by Gasteiger charge is -2.19. The zero-order valence-corrected chi connectivity index (χ0v) is 16.8. The molecule has 142 valence electrons. The standard InChI is InChI=1S/C21H25N3O2S/c1-4-7-17-23-20-18(21(26)24(17)16(6-3)19(22)25)15(12-27-20)14-10-8-13(5-2)9-11-14/h8-12,16H,4-7H2,1-3H3,(H2,22,25). The van der Waals surface area contributed by atoms with Crippen molar-refractivity contribution in [3.63, 3.8) is 0 Å². The maximum absolute atomic E-state index is 13.4. The highest BCUT2D eigenvalue weighted by molar-refractivity contribution is 7.17. The van der Waals surface area contributed by atoms with Crippen LogP contribution in [0.4, 0.5) is 0 Å². The summed E-state index contributed by atoms with van der Waals surface area (Å²) in [5, 5.41) is 2.55. The number of fused-ring (bicyclic) bond motifs is 1. The van der Waals surface area contributed by atoms with Gasteiger partial charge in [-0.1, -0.05) is 45.0 Å². The smallest absolute Gasteiger partial charge is 0.263 e. The first-order valence-electron chi connectivity index (χ1n) is 9.42. The van der Waals surface area contributed by atoms with Crippen molar-refractivity contribution >= 4 is 27.5 Å². The van der Waals surface area contributed by atoms with Crippen LogP contribution in [-0.4, -0.2) is 15.5 Å². The topological polar surface area (TPSA) is 78.0 Å². The molecule has 0 spiro atoms. The Morgan fingerprint density at radius 3 is 2.48 bits per heavy atom. The summed E-state index contributed by atoms with van der Waals surface area (Å²) < 4.78 is 1.52. The molecule has 6 heteroatoms. The van der Waals surface area contributed by atoms with E-state index in [9.17, 15) is 9.59 Å². The van der Waals surface area contributed by atoms with E-state index in [1.165, 1.54) is 21.5 Å². The first-order chi connectivity index (χ1) is 13.0. The summed E-state index contributed by atoms with van der Waals surface area (Å²) in [7, 11) is 0. The van der Waals surface area contributed by atoms with Crippen molar-refractivity contribution in [1.29, 1.82) is 0 Å². The Bertz CT molecular complexity index is 1020. The van der Waals surface area contributed by atoms with E-state index in [-0.39, 0.29) is 5.56 Å². The van der Waals surface area contributed by atoms with Crippen molar-refractivity contribution in [1.82, 2.24) is 9.55 Å². The van der Waals surface area contributed by atoms with Crippen molar-refractivity contribution in [2.45, 2.75) is 52.5 Å². The summed E-state index contributed by atoms with van der Waals surface area (Å²) in [5.74, 6) is 0.137. The van der Waals surface area contributed by atoms with Gasteiger partial charge < -0.3 is 5.73 Å². The van der Waals surface area contributed by atoms with E-state index in [1.807, 2.05) is 31.4 Å². The number of benzene rings is 1. The Hall–Kier alpha value is -2.47. The highest BCUT2D eigenvalue weighted by Crippen LogP contribution is 2.32. The lowest BCUT2D eigenvalue weighted by Crippen LogP contribution is -2.36. The minimum absolute atomic E-state index is 0.176. The third kappa shape index (κ3) is 3.54. The van der Waals surface area contributed by atoms with Gasteiger partial charge in [0, 0.05) is 17.4 Å². The highest BCUT2D eigenvalue weighted by Gasteiger charge is 2.24. The van der Waals surface area contributed by atoms with Crippen molar-refractivity contribution in [2.24, 2.45) is 5.73 Å². The molecular weight excluding hydrogens is 358 g/mol. The van der Waals surface area contributed by atoms with Crippen LogP contribution in [0.2, 0.25) is 0 Å². The summed E-state index contributed by atoms with van der Waals surface area (Å²) in [5.41, 5.74) is 8.52. The maximum atomic E-state index is 13.4. The summed E-state index contributed by atoms with van der Waals surface area (Å²) in [4.78, 5) is 30.9. The molecule has 0 saturated carbocycles. The van der Waals surface area contributed by atoms with E-state index < -0.39 is 11.9 Å². The SMILES string of the molecule is CCCc1nc2scc(-c3ccc(CC)cc3)c2c(=O)n1C(CC)C(N)=O. The molecule has 0 bridgehead atoms. The van der Waals surface area contributed by atoms with Gasteiger partial charge >= 0.3 is 0 Å². The van der Waals surface area contributed by atoms with Crippen LogP contribution in [0.1, 0.15) is 51.0 Å². The van der Waals surface area contributed by atoms with E-state index >= 15 is 0 Å². The van der Waals surface area contributed by atoms with Crippen LogP contribution in [0.15, 0.2) is 34.4 Å². The molecule has 2 aromatic heterocycles. The molecule has 0 saturated heterocycles. The predicted molar refractivity (Wildman–Crippen MR) is 111 cm³/mol. The van der Waals surface area contributed by atoms with Gasteiger partial charge in [0.15, 0.2) is 0 Å². The average molecular weight is 384 g/mol. The first kappa shape index (κ1) is 19.3. The van der Waals surface area contributed by atoms with Crippen LogP contribution in [0.5, 0.6) is 0 Å². The van der Waals surface area contributed by atoms with Crippen molar-refractivity contribution in [3.05, 3.63) is 51.4 Å². The fraction of sp³-hybridized carbons (Fsp3) is 0.381. The third-order valence-electron chi connectivity index (χ3n) is 4.89. The molecule has 0 aliphatic heterocycles. The lowest BCUT2D eigenvalue weighted by atomic mass is 10.0. The fourth-order valence-corrected chi connectivity index (χ4v) is 4.37. The Morgan fingerprint density at radius 1 is 1.22 bits per heavy atom. The van der Waals surface area contributed by atoms with Gasteiger partial charge in [0.05, 0.1) is 5.39 Å². The van der Waals surface area contributed by atoms with E-state index in [0.29, 0.717) is 28.9 Å². The number of aryl methyl sites for hydroxylation is 2. The van der Waals surface area contributed by atoms with Crippen LogP contribution in [0.25, 0.3) is 21.3 Å². The molecule has 27 heavy (non-hydrogen) atoms. The summed E-state index contributed by atoms with van der Waals surface area (Å²) in [6.07, 6.45) is 2.90. The number of carbonyl (C=O) groups is 1. The molecule has 1 amide bonds. The lowest BCUT2D eigenvalue weighted by molar-refractivity contribution is -0.121. The molecule has 0 fully saturated rings. The molecule has 5 nitrogen and oxygen atoms in total. The first-order valence-corrected chi connectivity index (χ1v) is 10.3. The van der Waals surface area contributed by atoms with Crippen LogP contribution in [0.3, 0.4) is 0 Å². The number of hydrogen-bond donors (Lipinski definition) is 1. The second kappa shape index (κ2) is 8.05. The summed E-state index contributed by atoms with van der Waals surface area (Å²) in [6, 6.07) is 7.56. The Balaban J connectivity index is 2.27. The van der Waals surface area contributed by atoms with Crippen molar-refractivity contribution in [2.75, 3.05) is 0 Å². The molecule has 1 aromatic carbocycles.